The summed E-state index contributed by atoms with van der Waals surface area (Å²) in [4.78, 5) is 13.0. The van der Waals surface area contributed by atoms with E-state index >= 15 is 0 Å². The van der Waals surface area contributed by atoms with Gasteiger partial charge in [-0.3, -0.25) is 4.84 Å². The molecule has 0 saturated heterocycles. The summed E-state index contributed by atoms with van der Waals surface area (Å²) in [6.45, 7) is 2.74. The van der Waals surface area contributed by atoms with Gasteiger partial charge in [-0.2, -0.15) is 10.1 Å². The molecule has 6 nitrogen and oxygen atoms in total. The fourth-order valence-electron chi connectivity index (χ4n) is 1.86. The molecule has 1 aliphatic rings. The Kier molecular flexibility index (Phi) is 3.77. The lowest BCUT2D eigenvalue weighted by Crippen LogP contribution is -2.53. The van der Waals surface area contributed by atoms with E-state index in [1.807, 2.05) is 0 Å². The summed E-state index contributed by atoms with van der Waals surface area (Å²) in [5.41, 5.74) is 9.70. The average Bonchev–Trinajstić information content (AvgIpc) is 2.29. The molecule has 0 spiro atoms. The molecule has 0 amide bonds. The SMILES string of the molecule is CC1(C)N=C(N)N=C(N)N1OCc1c(F)cc(F)cc1F. The van der Waals surface area contributed by atoms with Crippen molar-refractivity contribution in [2.24, 2.45) is 21.5 Å². The third kappa shape index (κ3) is 3.07. The van der Waals surface area contributed by atoms with Crippen molar-refractivity contribution in [1.29, 1.82) is 0 Å². The lowest BCUT2D eigenvalue weighted by atomic mass is 10.2. The second kappa shape index (κ2) is 5.24. The molecule has 0 unspecified atom stereocenters. The number of hydrogen-bond acceptors (Lipinski definition) is 6. The van der Waals surface area contributed by atoms with Crippen molar-refractivity contribution in [2.45, 2.75) is 26.1 Å². The minimum Gasteiger partial charge on any atom is -0.368 e. The smallest absolute Gasteiger partial charge is 0.226 e. The van der Waals surface area contributed by atoms with Gasteiger partial charge in [0.1, 0.15) is 24.1 Å². The molecule has 1 heterocycles. The molecule has 1 aliphatic heterocycles. The van der Waals surface area contributed by atoms with Crippen LogP contribution in [0.4, 0.5) is 13.2 Å². The molecule has 0 radical (unpaired) electrons. The van der Waals surface area contributed by atoms with Gasteiger partial charge in [0, 0.05) is 12.1 Å². The van der Waals surface area contributed by atoms with E-state index in [1.165, 1.54) is 0 Å². The second-order valence-corrected chi connectivity index (χ2v) is 4.85. The van der Waals surface area contributed by atoms with Crippen LogP contribution in [0.1, 0.15) is 19.4 Å². The minimum absolute atomic E-state index is 0.0310. The summed E-state index contributed by atoms with van der Waals surface area (Å²) in [5.74, 6) is -3.25. The van der Waals surface area contributed by atoms with Gasteiger partial charge in [0.25, 0.3) is 0 Å². The van der Waals surface area contributed by atoms with Gasteiger partial charge >= 0.3 is 0 Å². The van der Waals surface area contributed by atoms with E-state index < -0.39 is 35.3 Å². The maximum atomic E-state index is 13.5. The molecule has 0 saturated carbocycles. The molecule has 0 bridgehead atoms. The van der Waals surface area contributed by atoms with Crippen molar-refractivity contribution >= 4 is 11.9 Å². The van der Waals surface area contributed by atoms with Crippen LogP contribution in [-0.2, 0) is 11.4 Å². The summed E-state index contributed by atoms with van der Waals surface area (Å²) in [7, 11) is 0. The van der Waals surface area contributed by atoms with E-state index in [0.717, 1.165) is 5.06 Å². The van der Waals surface area contributed by atoms with Gasteiger partial charge in [-0.05, 0) is 13.8 Å². The number of nitrogens with two attached hydrogens (primary N) is 2. The maximum absolute atomic E-state index is 13.5. The second-order valence-electron chi connectivity index (χ2n) is 4.85. The van der Waals surface area contributed by atoms with Gasteiger partial charge in [0.2, 0.25) is 11.9 Å². The summed E-state index contributed by atoms with van der Waals surface area (Å²) in [5, 5.41) is 1.07. The van der Waals surface area contributed by atoms with Crippen molar-refractivity contribution in [3.8, 4) is 0 Å². The fraction of sp³-hybridized carbons (Fsp3) is 0.333. The molecule has 0 fully saturated rings. The molecule has 0 aliphatic carbocycles. The zero-order chi connectivity index (χ0) is 15.8. The van der Waals surface area contributed by atoms with Crippen LogP contribution in [0.3, 0.4) is 0 Å². The third-order valence-corrected chi connectivity index (χ3v) is 2.77. The van der Waals surface area contributed by atoms with E-state index in [-0.39, 0.29) is 11.9 Å². The van der Waals surface area contributed by atoms with Crippen LogP contribution >= 0.6 is 0 Å². The molecule has 2 rings (SSSR count). The van der Waals surface area contributed by atoms with Gasteiger partial charge in [-0.1, -0.05) is 0 Å². The fourth-order valence-corrected chi connectivity index (χ4v) is 1.86. The normalized spacial score (nSPS) is 17.5. The predicted molar refractivity (Wildman–Crippen MR) is 70.3 cm³/mol. The lowest BCUT2D eigenvalue weighted by Gasteiger charge is -2.36. The van der Waals surface area contributed by atoms with Crippen LogP contribution in [0.2, 0.25) is 0 Å². The average molecular weight is 301 g/mol. The van der Waals surface area contributed by atoms with Gasteiger partial charge in [0.15, 0.2) is 5.66 Å². The number of hydrogen-bond donors (Lipinski definition) is 2. The van der Waals surface area contributed by atoms with Gasteiger partial charge < -0.3 is 11.5 Å². The van der Waals surface area contributed by atoms with Crippen molar-refractivity contribution < 1.29 is 18.0 Å². The Labute approximate surface area is 118 Å². The molecular weight excluding hydrogens is 287 g/mol. The third-order valence-electron chi connectivity index (χ3n) is 2.77. The first kappa shape index (κ1) is 15.1. The van der Waals surface area contributed by atoms with E-state index in [0.29, 0.717) is 12.1 Å². The molecule has 1 aromatic rings. The Balaban J connectivity index is 2.19. The minimum atomic E-state index is -1.05. The lowest BCUT2D eigenvalue weighted by molar-refractivity contribution is -0.168. The number of rotatable bonds is 3. The Morgan fingerprint density at radius 3 is 2.29 bits per heavy atom. The molecule has 1 aromatic carbocycles. The Morgan fingerprint density at radius 2 is 1.76 bits per heavy atom. The van der Waals surface area contributed by atoms with Crippen LogP contribution in [0.5, 0.6) is 0 Å². The topological polar surface area (TPSA) is 89.2 Å². The molecule has 114 valence electrons. The van der Waals surface area contributed by atoms with Crippen molar-refractivity contribution in [3.63, 3.8) is 0 Å². The monoisotopic (exact) mass is 301 g/mol. The van der Waals surface area contributed by atoms with E-state index in [1.54, 1.807) is 13.8 Å². The van der Waals surface area contributed by atoms with Crippen molar-refractivity contribution in [1.82, 2.24) is 5.06 Å². The molecule has 0 atom stereocenters. The zero-order valence-corrected chi connectivity index (χ0v) is 11.4. The van der Waals surface area contributed by atoms with Crippen LogP contribution in [0, 0.1) is 17.5 Å². The largest absolute Gasteiger partial charge is 0.368 e. The first-order valence-electron chi connectivity index (χ1n) is 5.97. The summed E-state index contributed by atoms with van der Waals surface area (Å²) >= 11 is 0. The predicted octanol–water partition coefficient (Wildman–Crippen LogP) is 1.22. The summed E-state index contributed by atoms with van der Waals surface area (Å²) in [6, 6.07) is 1.13. The Morgan fingerprint density at radius 1 is 1.19 bits per heavy atom. The molecule has 9 heteroatoms. The summed E-state index contributed by atoms with van der Waals surface area (Å²) in [6.07, 6.45) is 0. The van der Waals surface area contributed by atoms with E-state index in [2.05, 4.69) is 9.98 Å². The van der Waals surface area contributed by atoms with Crippen LogP contribution in [0.25, 0.3) is 0 Å². The molecule has 21 heavy (non-hydrogen) atoms. The summed E-state index contributed by atoms with van der Waals surface area (Å²) < 4.78 is 39.9. The molecular formula is C12H14F3N5O. The number of aliphatic imine (C=N–C) groups is 2. The number of hydroxylamine groups is 2. The van der Waals surface area contributed by atoms with E-state index in [4.69, 9.17) is 16.3 Å². The van der Waals surface area contributed by atoms with Crippen molar-refractivity contribution in [2.75, 3.05) is 0 Å². The van der Waals surface area contributed by atoms with E-state index in [9.17, 15) is 13.2 Å². The first-order chi connectivity index (χ1) is 9.70. The zero-order valence-electron chi connectivity index (χ0n) is 11.4. The Bertz CT molecular complexity index is 606. The van der Waals surface area contributed by atoms with Crippen LogP contribution in [-0.4, -0.2) is 22.6 Å². The van der Waals surface area contributed by atoms with Gasteiger partial charge in [0.05, 0.1) is 5.56 Å². The maximum Gasteiger partial charge on any atom is 0.226 e. The van der Waals surface area contributed by atoms with Crippen molar-refractivity contribution in [3.05, 3.63) is 35.1 Å². The van der Waals surface area contributed by atoms with Gasteiger partial charge in [-0.15, -0.1) is 0 Å². The highest BCUT2D eigenvalue weighted by Gasteiger charge is 2.33. The molecule has 4 N–H and O–H groups in total. The highest BCUT2D eigenvalue weighted by atomic mass is 19.1. The number of nitrogens with zero attached hydrogens (tertiary/aromatic N) is 3. The Hall–Kier alpha value is -2.29. The molecule has 0 aromatic heterocycles. The number of guanidine groups is 2. The van der Waals surface area contributed by atoms with Crippen LogP contribution < -0.4 is 11.5 Å². The van der Waals surface area contributed by atoms with Gasteiger partial charge in [-0.25, -0.2) is 18.2 Å². The standard InChI is InChI=1S/C12H14F3N5O/c1-12(2)19-10(16)18-11(17)20(12)21-5-7-8(14)3-6(13)4-9(7)15/h3-4H,5H2,1-2H3,(H4,16,17,18,19). The quantitative estimate of drug-likeness (QED) is 0.878. The number of benzene rings is 1. The first-order valence-corrected chi connectivity index (χ1v) is 5.97. The highest BCUT2D eigenvalue weighted by Crippen LogP contribution is 2.22. The van der Waals surface area contributed by atoms with Crippen LogP contribution in [0.15, 0.2) is 22.1 Å². The number of halogens is 3. The highest BCUT2D eigenvalue weighted by molar-refractivity contribution is 5.95.